The van der Waals surface area contributed by atoms with E-state index >= 15 is 0 Å². The Morgan fingerprint density at radius 3 is 2.52 bits per heavy atom. The molecule has 1 aliphatic rings. The second-order valence-corrected chi connectivity index (χ2v) is 10.4. The van der Waals surface area contributed by atoms with Crippen molar-refractivity contribution < 1.29 is 37.3 Å². The lowest BCUT2D eigenvalue weighted by Gasteiger charge is -2.28. The minimum Gasteiger partial charge on any atom is -0.503 e. The van der Waals surface area contributed by atoms with Gasteiger partial charge in [-0.25, -0.2) is 9.79 Å². The van der Waals surface area contributed by atoms with Gasteiger partial charge in [-0.05, 0) is 47.5 Å². The molecule has 1 aliphatic heterocycles. The molecule has 2 heterocycles. The van der Waals surface area contributed by atoms with Crippen molar-refractivity contribution in [2.75, 3.05) is 20.8 Å². The number of phenolic OH excluding ortho intramolecular Hbond substituents is 1. The monoisotopic (exact) mass is 618 g/mol. The smallest absolute Gasteiger partial charge is 0.434 e. The lowest BCUT2D eigenvalue weighted by molar-refractivity contribution is -0.140. The molecule has 0 amide bonds. The van der Waals surface area contributed by atoms with Crippen LogP contribution in [0.4, 0.5) is 13.2 Å². The Labute approximate surface area is 245 Å². The Bertz CT molecular complexity index is 1950. The number of carbonyl (C=O) groups is 1. The van der Waals surface area contributed by atoms with Gasteiger partial charge in [0.1, 0.15) is 11.8 Å². The molecule has 0 saturated carbocycles. The van der Waals surface area contributed by atoms with Gasteiger partial charge in [-0.15, -0.1) is 0 Å². The van der Waals surface area contributed by atoms with Crippen molar-refractivity contribution in [3.63, 3.8) is 0 Å². The molecule has 1 atom stereocenters. The summed E-state index contributed by atoms with van der Waals surface area (Å²) in [5.74, 6) is -1.38. The molecule has 218 valence electrons. The van der Waals surface area contributed by atoms with Crippen LogP contribution in [-0.2, 0) is 9.53 Å². The topological polar surface area (TPSA) is 99.4 Å². The minimum atomic E-state index is -5.06. The number of ether oxygens (including phenoxy) is 3. The highest BCUT2D eigenvalue weighted by Crippen LogP contribution is 2.43. The summed E-state index contributed by atoms with van der Waals surface area (Å²) in [5.41, 5.74) is -2.53. The zero-order valence-corrected chi connectivity index (χ0v) is 23.9. The number of phenols is 1. The van der Waals surface area contributed by atoms with Crippen LogP contribution in [-0.4, -0.2) is 42.6 Å². The Hall–Kier alpha value is -4.29. The molecule has 4 aromatic rings. The van der Waals surface area contributed by atoms with Gasteiger partial charge in [0.05, 0.1) is 36.0 Å². The van der Waals surface area contributed by atoms with Gasteiger partial charge in [0.15, 0.2) is 22.0 Å². The van der Waals surface area contributed by atoms with E-state index in [4.69, 9.17) is 25.8 Å². The standard InChI is InChI=1S/C29H22ClF3N2O6S/c1-4-41-27(38)22-23(21-16-8-6-5-7-15(16)9-10-18(21)39-2)35-26(37)20(42-28(35)34-25(22)29(31,32)33)13-14-11-17(30)24(36)19(12-14)40-3/h5-13,23,36H,4H2,1-3H3/b20-13-/t23-/m0/s1. The first-order chi connectivity index (χ1) is 20.0. The quantitative estimate of drug-likeness (QED) is 0.310. The third kappa shape index (κ3) is 5.01. The zero-order chi connectivity index (χ0) is 30.3. The number of fused-ring (bicyclic) bond motifs is 2. The maximum Gasteiger partial charge on any atom is 0.434 e. The number of benzene rings is 3. The minimum absolute atomic E-state index is 0.00611. The number of halogens is 4. The summed E-state index contributed by atoms with van der Waals surface area (Å²) in [6.45, 7) is 1.26. The van der Waals surface area contributed by atoms with Crippen LogP contribution in [0.3, 0.4) is 0 Å². The van der Waals surface area contributed by atoms with Crippen molar-refractivity contribution in [3.05, 3.63) is 95.6 Å². The van der Waals surface area contributed by atoms with Crippen molar-refractivity contribution in [1.29, 1.82) is 0 Å². The summed E-state index contributed by atoms with van der Waals surface area (Å²) >= 11 is 6.80. The molecular formula is C29H22ClF3N2O6S. The van der Waals surface area contributed by atoms with E-state index in [1.807, 2.05) is 0 Å². The second kappa shape index (κ2) is 11.2. The number of methoxy groups -OCH3 is 2. The first kappa shape index (κ1) is 29.2. The maximum absolute atomic E-state index is 14.6. The van der Waals surface area contributed by atoms with Crippen molar-refractivity contribution in [3.8, 4) is 17.2 Å². The largest absolute Gasteiger partial charge is 0.503 e. The fourth-order valence-electron chi connectivity index (χ4n) is 4.83. The van der Waals surface area contributed by atoms with E-state index in [0.717, 1.165) is 4.57 Å². The molecule has 0 saturated heterocycles. The Morgan fingerprint density at radius 2 is 1.86 bits per heavy atom. The van der Waals surface area contributed by atoms with E-state index in [1.165, 1.54) is 39.4 Å². The molecule has 0 aliphatic carbocycles. The molecule has 0 spiro atoms. The number of aromatic hydroxyl groups is 1. The van der Waals surface area contributed by atoms with E-state index < -0.39 is 35.0 Å². The van der Waals surface area contributed by atoms with Crippen LogP contribution in [0.1, 0.15) is 24.1 Å². The highest BCUT2D eigenvalue weighted by molar-refractivity contribution is 7.07. The predicted octanol–water partition coefficient (Wildman–Crippen LogP) is 4.87. The van der Waals surface area contributed by atoms with Gasteiger partial charge in [0, 0.05) is 5.56 Å². The number of hydrogen-bond acceptors (Lipinski definition) is 8. The summed E-state index contributed by atoms with van der Waals surface area (Å²) < 4.78 is 60.5. The highest BCUT2D eigenvalue weighted by Gasteiger charge is 2.46. The SMILES string of the molecule is CCOC(=O)C1=C(C(F)(F)F)N=c2s/c(=C\c3cc(Cl)c(O)c(OC)c3)c(=O)n2[C@H]1c1c(OC)ccc2ccccc12. The van der Waals surface area contributed by atoms with Crippen LogP contribution < -0.4 is 24.4 Å². The van der Waals surface area contributed by atoms with Gasteiger partial charge >= 0.3 is 12.1 Å². The molecule has 3 aromatic carbocycles. The van der Waals surface area contributed by atoms with Crippen molar-refractivity contribution in [1.82, 2.24) is 4.57 Å². The molecule has 13 heteroatoms. The lowest BCUT2D eigenvalue weighted by Crippen LogP contribution is -2.41. The average Bonchev–Trinajstić information content (AvgIpc) is 3.27. The normalized spacial score (nSPS) is 15.4. The Kier molecular flexibility index (Phi) is 7.78. The van der Waals surface area contributed by atoms with Crippen molar-refractivity contribution >= 4 is 45.8 Å². The summed E-state index contributed by atoms with van der Waals surface area (Å²) in [5, 5.41) is 11.1. The number of aromatic nitrogens is 1. The number of carbonyl (C=O) groups excluding carboxylic acids is 1. The Morgan fingerprint density at radius 1 is 1.14 bits per heavy atom. The molecule has 5 rings (SSSR count). The molecule has 0 radical (unpaired) electrons. The van der Waals surface area contributed by atoms with Gasteiger partial charge in [-0.2, -0.15) is 13.2 Å². The van der Waals surface area contributed by atoms with E-state index in [2.05, 4.69) is 4.99 Å². The molecule has 0 unspecified atom stereocenters. The van der Waals surface area contributed by atoms with Crippen LogP contribution >= 0.6 is 22.9 Å². The molecule has 0 fully saturated rings. The molecule has 1 aromatic heterocycles. The molecule has 1 N–H and O–H groups in total. The number of rotatable bonds is 6. The lowest BCUT2D eigenvalue weighted by atomic mass is 9.90. The van der Waals surface area contributed by atoms with E-state index in [-0.39, 0.29) is 43.8 Å². The maximum atomic E-state index is 14.6. The summed E-state index contributed by atoms with van der Waals surface area (Å²) in [4.78, 5) is 30.8. The van der Waals surface area contributed by atoms with E-state index in [1.54, 1.807) is 36.4 Å². The van der Waals surface area contributed by atoms with Gasteiger partial charge in [-0.3, -0.25) is 9.36 Å². The summed E-state index contributed by atoms with van der Waals surface area (Å²) in [6, 6.07) is 11.3. The third-order valence-electron chi connectivity index (χ3n) is 6.59. The number of nitrogens with zero attached hydrogens (tertiary/aromatic N) is 2. The van der Waals surface area contributed by atoms with Crippen molar-refractivity contribution in [2.24, 2.45) is 4.99 Å². The molecule has 8 nitrogen and oxygen atoms in total. The van der Waals surface area contributed by atoms with Crippen LogP contribution in [0.5, 0.6) is 17.2 Å². The number of alkyl halides is 3. The van der Waals surface area contributed by atoms with Crippen LogP contribution in [0.2, 0.25) is 5.02 Å². The highest BCUT2D eigenvalue weighted by atomic mass is 35.5. The number of thiazole rings is 1. The van der Waals surface area contributed by atoms with E-state index in [9.17, 15) is 27.9 Å². The zero-order valence-electron chi connectivity index (χ0n) is 22.3. The van der Waals surface area contributed by atoms with E-state index in [0.29, 0.717) is 27.7 Å². The molecule has 42 heavy (non-hydrogen) atoms. The number of hydrogen-bond donors (Lipinski definition) is 1. The molecule has 0 bridgehead atoms. The van der Waals surface area contributed by atoms with Gasteiger partial charge in [0.25, 0.3) is 5.56 Å². The van der Waals surface area contributed by atoms with Crippen LogP contribution in [0, 0.1) is 0 Å². The summed E-state index contributed by atoms with van der Waals surface area (Å²) in [7, 11) is 2.66. The predicted molar refractivity (Wildman–Crippen MR) is 151 cm³/mol. The van der Waals surface area contributed by atoms with Gasteiger partial charge < -0.3 is 19.3 Å². The first-order valence-corrected chi connectivity index (χ1v) is 13.6. The van der Waals surface area contributed by atoms with Crippen LogP contribution in [0.25, 0.3) is 16.8 Å². The van der Waals surface area contributed by atoms with Crippen molar-refractivity contribution in [2.45, 2.75) is 19.1 Å². The first-order valence-electron chi connectivity index (χ1n) is 12.4. The fourth-order valence-corrected chi connectivity index (χ4v) is 6.05. The second-order valence-electron chi connectivity index (χ2n) is 9.02. The van der Waals surface area contributed by atoms with Gasteiger partial charge in [-0.1, -0.05) is 53.3 Å². The molecular weight excluding hydrogens is 597 g/mol. The number of allylic oxidation sites excluding steroid dienone is 1. The summed E-state index contributed by atoms with van der Waals surface area (Å²) in [6.07, 6.45) is -3.68. The fraction of sp³-hybridized carbons (Fsp3) is 0.207. The van der Waals surface area contributed by atoms with Crippen LogP contribution in [0.15, 0.2) is 69.6 Å². The third-order valence-corrected chi connectivity index (χ3v) is 7.86. The number of esters is 1. The average molecular weight is 619 g/mol. The van der Waals surface area contributed by atoms with Gasteiger partial charge in [0.2, 0.25) is 0 Å². The Balaban J connectivity index is 1.91.